The Kier molecular flexibility index (Phi) is 2.01. The molecule has 3 aliphatic rings. The van der Waals surface area contributed by atoms with Gasteiger partial charge in [-0.2, -0.15) is 0 Å². The summed E-state index contributed by atoms with van der Waals surface area (Å²) in [4.78, 5) is 0. The van der Waals surface area contributed by atoms with Crippen LogP contribution in [-0.2, 0) is 0 Å². The lowest BCUT2D eigenvalue weighted by molar-refractivity contribution is 0.0334. The Morgan fingerprint density at radius 2 is 2.00 bits per heavy atom. The van der Waals surface area contributed by atoms with Gasteiger partial charge in [-0.1, -0.05) is 51.3 Å². The van der Waals surface area contributed by atoms with Crippen molar-refractivity contribution in [3.63, 3.8) is 0 Å². The second-order valence-electron chi connectivity index (χ2n) is 5.53. The van der Waals surface area contributed by atoms with Crippen molar-refractivity contribution in [1.29, 1.82) is 0 Å². The highest BCUT2D eigenvalue weighted by Crippen LogP contribution is 2.61. The fraction of sp³-hybridized carbons (Fsp3) is 1.00. The van der Waals surface area contributed by atoms with Crippen molar-refractivity contribution >= 4 is 7.85 Å². The van der Waals surface area contributed by atoms with Crippen molar-refractivity contribution in [2.45, 2.75) is 51.3 Å². The van der Waals surface area contributed by atoms with Crippen LogP contribution >= 0.6 is 0 Å². The molecular weight excluding hydrogens is 143 g/mol. The van der Waals surface area contributed by atoms with Gasteiger partial charge in [0.05, 0.1) is 0 Å². The van der Waals surface area contributed by atoms with Crippen molar-refractivity contribution in [3.05, 3.63) is 0 Å². The standard InChI is InChI=1S/C11H21B/c1-8-5-3-4-6-11(12)7-10(8)9(11)2/h8-10H,3-7,12H2,1-2H3. The first-order valence-electron chi connectivity index (χ1n) is 5.63. The van der Waals surface area contributed by atoms with Gasteiger partial charge in [-0.25, -0.2) is 0 Å². The first-order valence-corrected chi connectivity index (χ1v) is 5.63. The van der Waals surface area contributed by atoms with E-state index in [1.807, 2.05) is 0 Å². The third-order valence-corrected chi connectivity index (χ3v) is 4.83. The Hall–Kier alpha value is 0.0649. The van der Waals surface area contributed by atoms with E-state index in [-0.39, 0.29) is 0 Å². The van der Waals surface area contributed by atoms with Crippen LogP contribution in [0.15, 0.2) is 0 Å². The number of hydrogen-bond acceptors (Lipinski definition) is 0. The molecule has 3 saturated carbocycles. The fourth-order valence-electron chi connectivity index (χ4n) is 3.49. The van der Waals surface area contributed by atoms with Crippen molar-refractivity contribution in [2.24, 2.45) is 17.8 Å². The summed E-state index contributed by atoms with van der Waals surface area (Å²) in [7, 11) is 2.51. The van der Waals surface area contributed by atoms with Crippen LogP contribution in [-0.4, -0.2) is 7.85 Å². The first-order chi connectivity index (χ1) is 5.63. The van der Waals surface area contributed by atoms with Crippen LogP contribution in [0.25, 0.3) is 0 Å². The van der Waals surface area contributed by atoms with Crippen molar-refractivity contribution in [1.82, 2.24) is 0 Å². The van der Waals surface area contributed by atoms with Crippen LogP contribution < -0.4 is 0 Å². The van der Waals surface area contributed by atoms with Gasteiger partial charge >= 0.3 is 0 Å². The molecule has 2 bridgehead atoms. The summed E-state index contributed by atoms with van der Waals surface area (Å²) in [6, 6.07) is 0. The van der Waals surface area contributed by atoms with Gasteiger partial charge in [0.2, 0.25) is 0 Å². The van der Waals surface area contributed by atoms with E-state index in [2.05, 4.69) is 21.7 Å². The van der Waals surface area contributed by atoms with E-state index in [0.29, 0.717) is 0 Å². The Morgan fingerprint density at radius 1 is 1.25 bits per heavy atom. The van der Waals surface area contributed by atoms with E-state index in [0.717, 1.165) is 23.1 Å². The third kappa shape index (κ3) is 1.13. The molecule has 0 aromatic rings. The van der Waals surface area contributed by atoms with Crippen molar-refractivity contribution in [2.75, 3.05) is 0 Å². The highest BCUT2D eigenvalue weighted by atomic mass is 14.5. The Bertz CT molecular complexity index is 178. The largest absolute Gasteiger partial charge is 0.109 e. The summed E-state index contributed by atoms with van der Waals surface area (Å²) in [5.41, 5.74) is 0. The molecule has 0 aliphatic heterocycles. The molecule has 12 heavy (non-hydrogen) atoms. The molecule has 0 spiro atoms. The highest BCUT2D eigenvalue weighted by Gasteiger charge is 2.49. The van der Waals surface area contributed by atoms with Gasteiger partial charge in [-0.3, -0.25) is 0 Å². The van der Waals surface area contributed by atoms with Gasteiger partial charge in [0, 0.05) is 0 Å². The first kappa shape index (κ1) is 8.65. The smallest absolute Gasteiger partial charge is 0.0624 e. The summed E-state index contributed by atoms with van der Waals surface area (Å²) in [6.07, 6.45) is 7.48. The SMILES string of the molecule is BC12CCCCC(C)C(C1)C2C. The molecule has 0 heterocycles. The third-order valence-electron chi connectivity index (χ3n) is 4.83. The summed E-state index contributed by atoms with van der Waals surface area (Å²) < 4.78 is 0. The van der Waals surface area contributed by atoms with Gasteiger partial charge in [0.15, 0.2) is 0 Å². The fourth-order valence-corrected chi connectivity index (χ4v) is 3.49. The molecule has 1 heteroatoms. The van der Waals surface area contributed by atoms with Crippen LogP contribution in [0.2, 0.25) is 5.31 Å². The second-order valence-corrected chi connectivity index (χ2v) is 5.53. The zero-order valence-electron chi connectivity index (χ0n) is 8.77. The second kappa shape index (κ2) is 2.78. The number of rotatable bonds is 0. The molecule has 3 fully saturated rings. The monoisotopic (exact) mass is 164 g/mol. The van der Waals surface area contributed by atoms with E-state index < -0.39 is 0 Å². The Labute approximate surface area is 77.5 Å². The minimum atomic E-state index is 0.735. The topological polar surface area (TPSA) is 0 Å². The van der Waals surface area contributed by atoms with Crippen LogP contribution in [0.1, 0.15) is 46.0 Å². The minimum absolute atomic E-state index is 0.735. The number of fused-ring (bicyclic) bond motifs is 4. The average molecular weight is 164 g/mol. The van der Waals surface area contributed by atoms with Gasteiger partial charge in [0.1, 0.15) is 7.85 Å². The predicted molar refractivity (Wildman–Crippen MR) is 56.1 cm³/mol. The van der Waals surface area contributed by atoms with E-state index in [4.69, 9.17) is 0 Å². The normalized spacial score (nSPS) is 53.7. The molecule has 4 unspecified atom stereocenters. The van der Waals surface area contributed by atoms with Crippen LogP contribution in [0.4, 0.5) is 0 Å². The van der Waals surface area contributed by atoms with Crippen molar-refractivity contribution in [3.8, 4) is 0 Å². The van der Waals surface area contributed by atoms with Crippen LogP contribution in [0.5, 0.6) is 0 Å². The lowest BCUT2D eigenvalue weighted by atomic mass is 9.40. The van der Waals surface area contributed by atoms with Crippen molar-refractivity contribution < 1.29 is 0 Å². The Morgan fingerprint density at radius 3 is 2.67 bits per heavy atom. The molecule has 0 aromatic heterocycles. The predicted octanol–water partition coefficient (Wildman–Crippen LogP) is 2.64. The summed E-state index contributed by atoms with van der Waals surface area (Å²) >= 11 is 0. The molecule has 0 amide bonds. The summed E-state index contributed by atoms with van der Waals surface area (Å²) in [5.74, 6) is 3.08. The summed E-state index contributed by atoms with van der Waals surface area (Å²) in [5, 5.41) is 0.735. The molecule has 68 valence electrons. The zero-order chi connectivity index (χ0) is 8.77. The van der Waals surface area contributed by atoms with E-state index in [1.54, 1.807) is 0 Å². The van der Waals surface area contributed by atoms with Crippen LogP contribution in [0, 0.1) is 17.8 Å². The molecule has 4 atom stereocenters. The molecule has 3 rings (SSSR count). The molecule has 0 aromatic carbocycles. The van der Waals surface area contributed by atoms with Gasteiger partial charge in [0.25, 0.3) is 0 Å². The molecule has 3 aliphatic carbocycles. The maximum Gasteiger partial charge on any atom is 0.109 e. The highest BCUT2D eigenvalue weighted by molar-refractivity contribution is 6.16. The lowest BCUT2D eigenvalue weighted by Gasteiger charge is -2.56. The summed E-state index contributed by atoms with van der Waals surface area (Å²) in [6.45, 7) is 4.95. The van der Waals surface area contributed by atoms with E-state index in [9.17, 15) is 0 Å². The van der Waals surface area contributed by atoms with E-state index in [1.165, 1.54) is 32.1 Å². The molecule has 0 saturated heterocycles. The Balaban J connectivity index is 2.08. The van der Waals surface area contributed by atoms with Gasteiger partial charge in [-0.05, 0) is 17.8 Å². The maximum atomic E-state index is 2.51. The quantitative estimate of drug-likeness (QED) is 0.483. The number of hydrogen-bond donors (Lipinski definition) is 0. The van der Waals surface area contributed by atoms with Crippen LogP contribution in [0.3, 0.4) is 0 Å². The van der Waals surface area contributed by atoms with Gasteiger partial charge in [-0.15, -0.1) is 0 Å². The minimum Gasteiger partial charge on any atom is -0.0624 e. The molecule has 0 nitrogen and oxygen atoms in total. The zero-order valence-corrected chi connectivity index (χ0v) is 8.77. The van der Waals surface area contributed by atoms with Gasteiger partial charge < -0.3 is 0 Å². The van der Waals surface area contributed by atoms with E-state index >= 15 is 0 Å². The maximum absolute atomic E-state index is 2.51. The molecule has 0 N–H and O–H groups in total. The molecular formula is C11H21B. The lowest BCUT2D eigenvalue weighted by Crippen LogP contribution is -2.45. The average Bonchev–Trinajstić information content (AvgIpc) is 2.05. The molecule has 0 radical (unpaired) electrons.